The average molecular weight is 312 g/mol. The van der Waals surface area contributed by atoms with Crippen LogP contribution in [-0.2, 0) is 0 Å². The van der Waals surface area contributed by atoms with Crippen LogP contribution in [-0.4, -0.2) is 42.6 Å². The van der Waals surface area contributed by atoms with Crippen LogP contribution in [0.1, 0.15) is 16.9 Å². The summed E-state index contributed by atoms with van der Waals surface area (Å²) < 4.78 is 5.27. The van der Waals surface area contributed by atoms with Crippen LogP contribution in [0.25, 0.3) is 0 Å². The van der Waals surface area contributed by atoms with E-state index in [4.69, 9.17) is 4.74 Å². The van der Waals surface area contributed by atoms with E-state index in [9.17, 15) is 4.79 Å². The Morgan fingerprint density at radius 1 is 1.43 bits per heavy atom. The Morgan fingerprint density at radius 2 is 2.35 bits per heavy atom. The number of hydrogen-bond acceptors (Lipinski definition) is 5. The van der Waals surface area contributed by atoms with Crippen LogP contribution in [0, 0.1) is 5.92 Å². The second kappa shape index (κ2) is 7.09. The standard InChI is InChI=1S/C17H20N4O2/c1-23-15-4-2-3-14(9-15)21-8-5-13(12-21)10-20-17(22)16-11-18-6-7-19-16/h2-4,6-7,9,11,13H,5,8,10,12H2,1H3,(H,20,22)/t13-/m0/s1. The summed E-state index contributed by atoms with van der Waals surface area (Å²) in [6.45, 7) is 2.56. The Bertz CT molecular complexity index is 663. The van der Waals surface area contributed by atoms with Crippen LogP contribution in [0.15, 0.2) is 42.9 Å². The third kappa shape index (κ3) is 3.77. The van der Waals surface area contributed by atoms with Crippen molar-refractivity contribution >= 4 is 11.6 Å². The minimum Gasteiger partial charge on any atom is -0.497 e. The summed E-state index contributed by atoms with van der Waals surface area (Å²) in [7, 11) is 1.67. The van der Waals surface area contributed by atoms with Crippen molar-refractivity contribution in [2.24, 2.45) is 5.92 Å². The number of aromatic nitrogens is 2. The monoisotopic (exact) mass is 312 g/mol. The van der Waals surface area contributed by atoms with Gasteiger partial charge >= 0.3 is 0 Å². The van der Waals surface area contributed by atoms with Crippen molar-refractivity contribution in [1.82, 2.24) is 15.3 Å². The summed E-state index contributed by atoms with van der Waals surface area (Å²) in [6.07, 6.45) is 5.61. The Kier molecular flexibility index (Phi) is 4.71. The molecule has 1 aromatic heterocycles. The Hall–Kier alpha value is -2.63. The molecular formula is C17H20N4O2. The number of rotatable bonds is 5. The van der Waals surface area contributed by atoms with Crippen molar-refractivity contribution in [2.75, 3.05) is 31.6 Å². The molecule has 2 aromatic rings. The third-order valence-corrected chi connectivity index (χ3v) is 4.05. The van der Waals surface area contributed by atoms with Crippen LogP contribution >= 0.6 is 0 Å². The molecule has 6 nitrogen and oxygen atoms in total. The van der Waals surface area contributed by atoms with E-state index in [0.29, 0.717) is 18.2 Å². The number of carbonyl (C=O) groups excluding carboxylic acids is 1. The molecule has 1 saturated heterocycles. The van der Waals surface area contributed by atoms with E-state index in [1.165, 1.54) is 12.4 Å². The SMILES string of the molecule is COc1cccc(N2CC[C@@H](CNC(=O)c3cnccn3)C2)c1. The quantitative estimate of drug-likeness (QED) is 0.911. The number of ether oxygens (including phenoxy) is 1. The van der Waals surface area contributed by atoms with Gasteiger partial charge < -0.3 is 15.0 Å². The summed E-state index contributed by atoms with van der Waals surface area (Å²) in [4.78, 5) is 22.2. The number of anilines is 1. The van der Waals surface area contributed by atoms with E-state index in [1.807, 2.05) is 18.2 Å². The normalized spacial score (nSPS) is 17.1. The van der Waals surface area contributed by atoms with Crippen LogP contribution < -0.4 is 15.0 Å². The number of nitrogens with one attached hydrogen (secondary N) is 1. The first-order valence-corrected chi connectivity index (χ1v) is 7.69. The van der Waals surface area contributed by atoms with E-state index in [0.717, 1.165) is 30.9 Å². The fourth-order valence-corrected chi connectivity index (χ4v) is 2.78. The maximum atomic E-state index is 12.0. The molecule has 0 aliphatic carbocycles. The van der Waals surface area contributed by atoms with Crippen molar-refractivity contribution in [2.45, 2.75) is 6.42 Å². The van der Waals surface area contributed by atoms with Crippen LogP contribution in [0.4, 0.5) is 5.69 Å². The Balaban J connectivity index is 1.53. The van der Waals surface area contributed by atoms with Gasteiger partial charge in [-0.1, -0.05) is 6.07 Å². The lowest BCUT2D eigenvalue weighted by molar-refractivity contribution is 0.0943. The van der Waals surface area contributed by atoms with Gasteiger partial charge in [0.2, 0.25) is 0 Å². The number of carbonyl (C=O) groups is 1. The summed E-state index contributed by atoms with van der Waals surface area (Å²) >= 11 is 0. The number of hydrogen-bond donors (Lipinski definition) is 1. The first kappa shape index (κ1) is 15.3. The molecule has 0 bridgehead atoms. The minimum absolute atomic E-state index is 0.169. The molecule has 1 aliphatic rings. The highest BCUT2D eigenvalue weighted by molar-refractivity contribution is 5.91. The molecule has 0 spiro atoms. The van der Waals surface area contributed by atoms with Gasteiger partial charge in [-0.2, -0.15) is 0 Å². The maximum Gasteiger partial charge on any atom is 0.271 e. The van der Waals surface area contributed by atoms with Crippen LogP contribution in [0.3, 0.4) is 0 Å². The average Bonchev–Trinajstić information content (AvgIpc) is 3.09. The van der Waals surface area contributed by atoms with E-state index in [-0.39, 0.29) is 5.91 Å². The third-order valence-electron chi connectivity index (χ3n) is 4.05. The van der Waals surface area contributed by atoms with E-state index < -0.39 is 0 Å². The van der Waals surface area contributed by atoms with Gasteiger partial charge in [-0.3, -0.25) is 9.78 Å². The van der Waals surface area contributed by atoms with Crippen molar-refractivity contribution in [3.05, 3.63) is 48.5 Å². The summed E-state index contributed by atoms with van der Waals surface area (Å²) in [5, 5.41) is 2.94. The van der Waals surface area contributed by atoms with Gasteiger partial charge in [0.05, 0.1) is 13.3 Å². The molecule has 1 aromatic carbocycles. The zero-order valence-corrected chi connectivity index (χ0v) is 13.1. The molecule has 1 fully saturated rings. The van der Waals surface area contributed by atoms with Crippen molar-refractivity contribution < 1.29 is 9.53 Å². The van der Waals surface area contributed by atoms with Gasteiger partial charge in [0, 0.05) is 43.8 Å². The van der Waals surface area contributed by atoms with E-state index >= 15 is 0 Å². The molecule has 6 heteroatoms. The molecule has 1 N–H and O–H groups in total. The predicted octanol–water partition coefficient (Wildman–Crippen LogP) is 1.74. The fourth-order valence-electron chi connectivity index (χ4n) is 2.78. The molecule has 0 unspecified atom stereocenters. The second-order valence-electron chi connectivity index (χ2n) is 5.60. The summed E-state index contributed by atoms with van der Waals surface area (Å²) in [5.74, 6) is 1.13. The highest BCUT2D eigenvalue weighted by atomic mass is 16.5. The van der Waals surface area contributed by atoms with Gasteiger partial charge in [0.25, 0.3) is 5.91 Å². The molecule has 0 radical (unpaired) electrons. The van der Waals surface area contributed by atoms with Gasteiger partial charge in [0.15, 0.2) is 0 Å². The highest BCUT2D eigenvalue weighted by Crippen LogP contribution is 2.26. The summed E-state index contributed by atoms with van der Waals surface area (Å²) in [5.41, 5.74) is 1.52. The minimum atomic E-state index is -0.169. The van der Waals surface area contributed by atoms with Crippen LogP contribution in [0.2, 0.25) is 0 Å². The number of methoxy groups -OCH3 is 1. The first-order chi connectivity index (χ1) is 11.3. The van der Waals surface area contributed by atoms with Gasteiger partial charge in [0.1, 0.15) is 11.4 Å². The maximum absolute atomic E-state index is 12.0. The zero-order valence-electron chi connectivity index (χ0n) is 13.1. The fraction of sp³-hybridized carbons (Fsp3) is 0.353. The van der Waals surface area contributed by atoms with E-state index in [2.05, 4.69) is 26.3 Å². The molecule has 3 rings (SSSR count). The zero-order chi connectivity index (χ0) is 16.1. The molecule has 1 amide bonds. The van der Waals surface area contributed by atoms with Gasteiger partial charge in [-0.05, 0) is 24.5 Å². The lowest BCUT2D eigenvalue weighted by atomic mass is 10.1. The van der Waals surface area contributed by atoms with Crippen LogP contribution in [0.5, 0.6) is 5.75 Å². The second-order valence-corrected chi connectivity index (χ2v) is 5.60. The Morgan fingerprint density at radius 3 is 3.13 bits per heavy atom. The number of amides is 1. The molecule has 1 atom stereocenters. The smallest absolute Gasteiger partial charge is 0.271 e. The molecule has 1 aliphatic heterocycles. The number of nitrogens with zero attached hydrogens (tertiary/aromatic N) is 3. The summed E-state index contributed by atoms with van der Waals surface area (Å²) in [6, 6.07) is 8.07. The molecule has 120 valence electrons. The van der Waals surface area contributed by atoms with Gasteiger partial charge in [-0.25, -0.2) is 4.98 Å². The van der Waals surface area contributed by atoms with Crippen molar-refractivity contribution in [3.8, 4) is 5.75 Å². The topological polar surface area (TPSA) is 67.3 Å². The Labute approximate surface area is 135 Å². The molecule has 23 heavy (non-hydrogen) atoms. The molecule has 0 saturated carbocycles. The van der Waals surface area contributed by atoms with E-state index in [1.54, 1.807) is 13.3 Å². The largest absolute Gasteiger partial charge is 0.497 e. The lowest BCUT2D eigenvalue weighted by Gasteiger charge is -2.19. The van der Waals surface area contributed by atoms with Crippen molar-refractivity contribution in [1.29, 1.82) is 0 Å². The molecular weight excluding hydrogens is 292 g/mol. The first-order valence-electron chi connectivity index (χ1n) is 7.69. The van der Waals surface area contributed by atoms with Crippen molar-refractivity contribution in [3.63, 3.8) is 0 Å². The predicted molar refractivity (Wildman–Crippen MR) is 87.7 cm³/mol. The molecule has 2 heterocycles. The lowest BCUT2D eigenvalue weighted by Crippen LogP contribution is -2.31. The number of benzene rings is 1. The highest BCUT2D eigenvalue weighted by Gasteiger charge is 2.23. The van der Waals surface area contributed by atoms with Gasteiger partial charge in [-0.15, -0.1) is 0 Å².